The summed E-state index contributed by atoms with van der Waals surface area (Å²) in [6.07, 6.45) is 1.52. The lowest BCUT2D eigenvalue weighted by Crippen LogP contribution is -2.42. The predicted octanol–water partition coefficient (Wildman–Crippen LogP) is 2.31. The smallest absolute Gasteiger partial charge is 0.410 e. The maximum atomic E-state index is 12.2. The van der Waals surface area contributed by atoms with Crippen LogP contribution in [0.15, 0.2) is 6.07 Å². The zero-order valence-corrected chi connectivity index (χ0v) is 13.5. The van der Waals surface area contributed by atoms with Crippen molar-refractivity contribution in [2.24, 2.45) is 0 Å². The summed E-state index contributed by atoms with van der Waals surface area (Å²) in [4.78, 5) is 25.3. The first-order valence-corrected chi connectivity index (χ1v) is 7.41. The molecule has 0 bridgehead atoms. The molecule has 1 saturated heterocycles. The lowest BCUT2D eigenvalue weighted by atomic mass is 9.95. The summed E-state index contributed by atoms with van der Waals surface area (Å²) in [5.41, 5.74) is 0.594. The van der Waals surface area contributed by atoms with E-state index in [9.17, 15) is 9.59 Å². The highest BCUT2D eigenvalue weighted by atomic mass is 16.6. The highest BCUT2D eigenvalue weighted by Gasteiger charge is 2.29. The lowest BCUT2D eigenvalue weighted by Gasteiger charge is -2.33. The molecule has 7 nitrogen and oxygen atoms in total. The third-order valence-corrected chi connectivity index (χ3v) is 3.51. The topological polar surface area (TPSA) is 84.5 Å². The molecule has 122 valence electrons. The van der Waals surface area contributed by atoms with Crippen LogP contribution in [0.4, 0.5) is 4.79 Å². The summed E-state index contributed by atoms with van der Waals surface area (Å²) in [6, 6.07) is 1.69. The molecule has 1 atom stereocenters. The van der Waals surface area contributed by atoms with E-state index in [1.165, 1.54) is 7.11 Å². The molecule has 0 radical (unpaired) electrons. The number of H-pyrrole nitrogens is 1. The summed E-state index contributed by atoms with van der Waals surface area (Å²) >= 11 is 0. The first-order valence-electron chi connectivity index (χ1n) is 7.41. The van der Waals surface area contributed by atoms with E-state index in [2.05, 4.69) is 14.9 Å². The van der Waals surface area contributed by atoms with Gasteiger partial charge in [0.15, 0.2) is 5.69 Å². The van der Waals surface area contributed by atoms with Crippen molar-refractivity contribution in [1.82, 2.24) is 15.1 Å². The number of piperidine rings is 1. The van der Waals surface area contributed by atoms with Gasteiger partial charge in [-0.2, -0.15) is 5.10 Å². The number of methoxy groups -OCH3 is 1. The van der Waals surface area contributed by atoms with Crippen LogP contribution in [0.25, 0.3) is 0 Å². The SMILES string of the molecule is COC(=O)c1cc([C@H]2CCCN(C(=O)OC(C)(C)C)C2)[nH]n1. The molecule has 1 aromatic heterocycles. The zero-order valence-electron chi connectivity index (χ0n) is 13.5. The number of carbonyl (C=O) groups excluding carboxylic acids is 2. The van der Waals surface area contributed by atoms with Gasteiger partial charge in [0.1, 0.15) is 5.60 Å². The van der Waals surface area contributed by atoms with Crippen molar-refractivity contribution in [3.63, 3.8) is 0 Å². The highest BCUT2D eigenvalue weighted by molar-refractivity contribution is 5.87. The standard InChI is InChI=1S/C15H23N3O4/c1-15(2,3)22-14(20)18-7-5-6-10(9-18)11-8-12(17-16-11)13(19)21-4/h8,10H,5-7,9H2,1-4H3,(H,16,17)/t10-/m0/s1. The Balaban J connectivity index is 2.03. The third kappa shape index (κ3) is 3.99. The van der Waals surface area contributed by atoms with Gasteiger partial charge in [-0.25, -0.2) is 9.59 Å². The monoisotopic (exact) mass is 309 g/mol. The normalized spacial score (nSPS) is 18.9. The number of esters is 1. The number of nitrogens with one attached hydrogen (secondary N) is 1. The van der Waals surface area contributed by atoms with Gasteiger partial charge >= 0.3 is 12.1 Å². The highest BCUT2D eigenvalue weighted by Crippen LogP contribution is 2.27. The Labute approximate surface area is 130 Å². The van der Waals surface area contributed by atoms with E-state index in [4.69, 9.17) is 4.74 Å². The number of hydrogen-bond donors (Lipinski definition) is 1. The average molecular weight is 309 g/mol. The van der Waals surface area contributed by atoms with Crippen molar-refractivity contribution in [2.75, 3.05) is 20.2 Å². The van der Waals surface area contributed by atoms with Crippen LogP contribution in [0.2, 0.25) is 0 Å². The molecule has 1 aromatic rings. The van der Waals surface area contributed by atoms with E-state index in [1.807, 2.05) is 20.8 Å². The minimum absolute atomic E-state index is 0.118. The molecular weight excluding hydrogens is 286 g/mol. The summed E-state index contributed by atoms with van der Waals surface area (Å²) in [6.45, 7) is 6.79. The molecule has 22 heavy (non-hydrogen) atoms. The molecule has 1 aliphatic heterocycles. The van der Waals surface area contributed by atoms with Crippen molar-refractivity contribution in [3.05, 3.63) is 17.5 Å². The molecule has 0 spiro atoms. The van der Waals surface area contributed by atoms with Gasteiger partial charge < -0.3 is 14.4 Å². The largest absolute Gasteiger partial charge is 0.464 e. The van der Waals surface area contributed by atoms with Crippen molar-refractivity contribution in [3.8, 4) is 0 Å². The molecular formula is C15H23N3O4. The zero-order chi connectivity index (χ0) is 16.3. The maximum absolute atomic E-state index is 12.2. The average Bonchev–Trinajstić information content (AvgIpc) is 2.94. The summed E-state index contributed by atoms with van der Waals surface area (Å²) in [5, 5.41) is 6.83. The second-order valence-electron chi connectivity index (χ2n) is 6.47. The fourth-order valence-electron chi connectivity index (χ4n) is 2.48. The number of likely N-dealkylation sites (tertiary alicyclic amines) is 1. The number of hydrogen-bond acceptors (Lipinski definition) is 5. The second kappa shape index (κ2) is 6.37. The van der Waals surface area contributed by atoms with Gasteiger partial charge in [0, 0.05) is 24.7 Å². The molecule has 0 unspecified atom stereocenters. The summed E-state index contributed by atoms with van der Waals surface area (Å²) < 4.78 is 10.1. The molecule has 7 heteroatoms. The molecule has 1 fully saturated rings. The van der Waals surface area contributed by atoms with E-state index in [0.717, 1.165) is 18.5 Å². The van der Waals surface area contributed by atoms with Crippen LogP contribution in [-0.2, 0) is 9.47 Å². The van der Waals surface area contributed by atoms with Crippen molar-refractivity contribution < 1.29 is 19.1 Å². The predicted molar refractivity (Wildman–Crippen MR) is 79.7 cm³/mol. The van der Waals surface area contributed by atoms with Crippen LogP contribution in [0.1, 0.15) is 55.7 Å². The minimum atomic E-state index is -0.504. The Kier molecular flexibility index (Phi) is 4.73. The van der Waals surface area contributed by atoms with Crippen molar-refractivity contribution >= 4 is 12.1 Å². The maximum Gasteiger partial charge on any atom is 0.410 e. The first kappa shape index (κ1) is 16.3. The van der Waals surface area contributed by atoms with Crippen LogP contribution >= 0.6 is 0 Å². The van der Waals surface area contributed by atoms with Crippen molar-refractivity contribution in [2.45, 2.75) is 45.1 Å². The lowest BCUT2D eigenvalue weighted by molar-refractivity contribution is 0.0197. The molecule has 0 aliphatic carbocycles. The van der Waals surface area contributed by atoms with Gasteiger partial charge in [0.05, 0.1) is 7.11 Å². The van der Waals surface area contributed by atoms with Gasteiger partial charge in [-0.1, -0.05) is 0 Å². The summed E-state index contributed by atoms with van der Waals surface area (Å²) in [5.74, 6) is -0.352. The Morgan fingerprint density at radius 1 is 1.41 bits per heavy atom. The van der Waals surface area contributed by atoms with Gasteiger partial charge in [0.25, 0.3) is 0 Å². The molecule has 2 rings (SSSR count). The quantitative estimate of drug-likeness (QED) is 0.847. The minimum Gasteiger partial charge on any atom is -0.464 e. The Morgan fingerprint density at radius 2 is 2.14 bits per heavy atom. The third-order valence-electron chi connectivity index (χ3n) is 3.51. The molecule has 1 aliphatic rings. The second-order valence-corrected chi connectivity index (χ2v) is 6.47. The molecule has 0 aromatic carbocycles. The van der Waals surface area contributed by atoms with Gasteiger partial charge in [-0.05, 0) is 39.7 Å². The van der Waals surface area contributed by atoms with E-state index < -0.39 is 11.6 Å². The number of amides is 1. The number of nitrogens with zero attached hydrogens (tertiary/aromatic N) is 2. The van der Waals surface area contributed by atoms with Gasteiger partial charge in [-0.15, -0.1) is 0 Å². The van der Waals surface area contributed by atoms with E-state index in [0.29, 0.717) is 13.1 Å². The van der Waals surface area contributed by atoms with Crippen LogP contribution in [-0.4, -0.2) is 53.0 Å². The molecule has 1 amide bonds. The number of carbonyl (C=O) groups is 2. The van der Waals surface area contributed by atoms with E-state index in [1.54, 1.807) is 11.0 Å². The Hall–Kier alpha value is -2.05. The van der Waals surface area contributed by atoms with E-state index >= 15 is 0 Å². The number of aromatic nitrogens is 2. The van der Waals surface area contributed by atoms with Crippen molar-refractivity contribution in [1.29, 1.82) is 0 Å². The fourth-order valence-corrected chi connectivity index (χ4v) is 2.48. The van der Waals surface area contributed by atoms with Crippen LogP contribution in [0.5, 0.6) is 0 Å². The molecule has 0 saturated carbocycles. The number of aromatic amines is 1. The van der Waals surface area contributed by atoms with Crippen LogP contribution in [0.3, 0.4) is 0 Å². The van der Waals surface area contributed by atoms with Crippen LogP contribution in [0, 0.1) is 0 Å². The van der Waals surface area contributed by atoms with Gasteiger partial charge in [-0.3, -0.25) is 5.10 Å². The van der Waals surface area contributed by atoms with Crippen LogP contribution < -0.4 is 0 Å². The van der Waals surface area contributed by atoms with Gasteiger partial charge in [0.2, 0.25) is 0 Å². The van der Waals surface area contributed by atoms with E-state index in [-0.39, 0.29) is 17.7 Å². The Bertz CT molecular complexity index is 547. The molecule has 1 N–H and O–H groups in total. The number of ether oxygens (including phenoxy) is 2. The first-order chi connectivity index (χ1) is 10.3. The summed E-state index contributed by atoms with van der Waals surface area (Å²) in [7, 11) is 1.32. The number of rotatable bonds is 2. The Morgan fingerprint density at radius 3 is 2.77 bits per heavy atom. The fraction of sp³-hybridized carbons (Fsp3) is 0.667. The molecule has 2 heterocycles.